The molecule has 2 rings (SSSR count). The van der Waals surface area contributed by atoms with Gasteiger partial charge in [0.15, 0.2) is 0 Å². The Morgan fingerprint density at radius 3 is 2.55 bits per heavy atom. The molecule has 0 bridgehead atoms. The van der Waals surface area contributed by atoms with Crippen LogP contribution in [0.2, 0.25) is 0 Å². The molecule has 0 radical (unpaired) electrons. The van der Waals surface area contributed by atoms with Gasteiger partial charge in [-0.2, -0.15) is 0 Å². The first-order valence-corrected chi connectivity index (χ1v) is 7.80. The number of hydrogen-bond acceptors (Lipinski definition) is 3. The van der Waals surface area contributed by atoms with E-state index in [1.807, 2.05) is 12.1 Å². The van der Waals surface area contributed by atoms with Gasteiger partial charge in [0.1, 0.15) is 5.75 Å². The molecule has 0 heterocycles. The molecule has 1 aromatic carbocycles. The summed E-state index contributed by atoms with van der Waals surface area (Å²) in [6, 6.07) is 6.33. The van der Waals surface area contributed by atoms with Crippen LogP contribution in [-0.2, 0) is 6.42 Å². The molecule has 1 N–H and O–H groups in total. The second-order valence-corrected chi connectivity index (χ2v) is 5.65. The summed E-state index contributed by atoms with van der Waals surface area (Å²) >= 11 is 0. The lowest BCUT2D eigenvalue weighted by atomic mass is 9.84. The molecule has 112 valence electrons. The topological polar surface area (TPSA) is 32.7 Å². The standard InChI is InChI=1S/C17H27NO2/c1-4-10-18(11-5-2)16-9-7-13-6-8-14(20-3)12-15(13)17(16)19/h6,8,12,16-17,19H,4-5,7,9-11H2,1-3H3. The number of fused-ring (bicyclic) bond motifs is 1. The molecule has 2 unspecified atom stereocenters. The average Bonchev–Trinajstić information content (AvgIpc) is 2.47. The van der Waals surface area contributed by atoms with Crippen LogP contribution in [0.3, 0.4) is 0 Å². The van der Waals surface area contributed by atoms with Crippen molar-refractivity contribution < 1.29 is 9.84 Å². The van der Waals surface area contributed by atoms with Gasteiger partial charge in [-0.05, 0) is 62.0 Å². The number of hydrogen-bond donors (Lipinski definition) is 1. The third-order valence-electron chi connectivity index (χ3n) is 4.24. The highest BCUT2D eigenvalue weighted by Gasteiger charge is 2.31. The summed E-state index contributed by atoms with van der Waals surface area (Å²) in [5.41, 5.74) is 2.32. The van der Waals surface area contributed by atoms with Crippen molar-refractivity contribution in [1.82, 2.24) is 4.90 Å². The highest BCUT2D eigenvalue weighted by Crippen LogP contribution is 2.35. The molecule has 0 spiro atoms. The molecular weight excluding hydrogens is 250 g/mol. The molecule has 20 heavy (non-hydrogen) atoms. The van der Waals surface area contributed by atoms with E-state index in [9.17, 15) is 5.11 Å². The van der Waals surface area contributed by atoms with Gasteiger partial charge in [-0.1, -0.05) is 19.9 Å². The van der Waals surface area contributed by atoms with Crippen LogP contribution in [0.4, 0.5) is 0 Å². The second-order valence-electron chi connectivity index (χ2n) is 5.65. The summed E-state index contributed by atoms with van der Waals surface area (Å²) in [6.45, 7) is 6.54. The van der Waals surface area contributed by atoms with E-state index >= 15 is 0 Å². The molecule has 0 amide bonds. The smallest absolute Gasteiger partial charge is 0.119 e. The monoisotopic (exact) mass is 277 g/mol. The number of rotatable bonds is 6. The number of aliphatic hydroxyl groups excluding tert-OH is 1. The molecule has 1 aromatic rings. The third kappa shape index (κ3) is 3.15. The largest absolute Gasteiger partial charge is 0.497 e. The molecule has 0 saturated carbocycles. The van der Waals surface area contributed by atoms with Gasteiger partial charge >= 0.3 is 0 Å². The van der Waals surface area contributed by atoms with Crippen molar-refractivity contribution in [3.8, 4) is 5.75 Å². The van der Waals surface area contributed by atoms with Gasteiger partial charge in [0.2, 0.25) is 0 Å². The summed E-state index contributed by atoms with van der Waals surface area (Å²) in [6.07, 6.45) is 3.96. The van der Waals surface area contributed by atoms with Crippen molar-refractivity contribution in [2.75, 3.05) is 20.2 Å². The van der Waals surface area contributed by atoms with Gasteiger partial charge in [-0.3, -0.25) is 4.90 Å². The summed E-state index contributed by atoms with van der Waals surface area (Å²) < 4.78 is 5.29. The number of nitrogens with zero attached hydrogens (tertiary/aromatic N) is 1. The number of aliphatic hydroxyl groups is 1. The Hall–Kier alpha value is -1.06. The number of methoxy groups -OCH3 is 1. The number of aryl methyl sites for hydroxylation is 1. The minimum absolute atomic E-state index is 0.245. The van der Waals surface area contributed by atoms with Crippen LogP contribution in [0.15, 0.2) is 18.2 Å². The molecule has 0 fully saturated rings. The molecule has 1 aliphatic carbocycles. The molecular formula is C17H27NO2. The van der Waals surface area contributed by atoms with Crippen molar-refractivity contribution in [2.45, 2.75) is 51.7 Å². The van der Waals surface area contributed by atoms with Gasteiger partial charge in [0.05, 0.1) is 13.2 Å². The lowest BCUT2D eigenvalue weighted by Crippen LogP contribution is -2.43. The Morgan fingerprint density at radius 2 is 1.95 bits per heavy atom. The van der Waals surface area contributed by atoms with E-state index in [4.69, 9.17) is 4.74 Å². The highest BCUT2D eigenvalue weighted by molar-refractivity contribution is 5.39. The molecule has 0 aliphatic heterocycles. The molecule has 3 heteroatoms. The van der Waals surface area contributed by atoms with E-state index < -0.39 is 6.10 Å². The van der Waals surface area contributed by atoms with Crippen LogP contribution >= 0.6 is 0 Å². The first kappa shape index (κ1) is 15.3. The van der Waals surface area contributed by atoms with E-state index in [0.717, 1.165) is 50.1 Å². The molecule has 1 aliphatic rings. The number of benzene rings is 1. The van der Waals surface area contributed by atoms with Crippen molar-refractivity contribution in [1.29, 1.82) is 0 Å². The van der Waals surface area contributed by atoms with Crippen LogP contribution in [-0.4, -0.2) is 36.2 Å². The predicted molar refractivity (Wildman–Crippen MR) is 82.2 cm³/mol. The minimum atomic E-state index is -0.396. The molecule has 0 saturated heterocycles. The zero-order chi connectivity index (χ0) is 14.5. The van der Waals surface area contributed by atoms with Gasteiger partial charge in [-0.25, -0.2) is 0 Å². The van der Waals surface area contributed by atoms with Crippen molar-refractivity contribution in [3.63, 3.8) is 0 Å². The zero-order valence-electron chi connectivity index (χ0n) is 12.9. The Bertz CT molecular complexity index is 427. The van der Waals surface area contributed by atoms with Crippen LogP contribution in [0.5, 0.6) is 5.75 Å². The van der Waals surface area contributed by atoms with Crippen LogP contribution in [0, 0.1) is 0 Å². The van der Waals surface area contributed by atoms with E-state index in [1.54, 1.807) is 7.11 Å². The first-order chi connectivity index (χ1) is 9.71. The van der Waals surface area contributed by atoms with Gasteiger partial charge < -0.3 is 9.84 Å². The average molecular weight is 277 g/mol. The maximum atomic E-state index is 10.8. The van der Waals surface area contributed by atoms with Crippen LogP contribution in [0.25, 0.3) is 0 Å². The van der Waals surface area contributed by atoms with E-state index in [1.165, 1.54) is 5.56 Å². The third-order valence-corrected chi connectivity index (χ3v) is 4.24. The Balaban J connectivity index is 2.22. The first-order valence-electron chi connectivity index (χ1n) is 7.80. The SMILES string of the molecule is CCCN(CCC)C1CCc2ccc(OC)cc2C1O. The Morgan fingerprint density at radius 1 is 1.25 bits per heavy atom. The number of ether oxygens (including phenoxy) is 1. The summed E-state index contributed by atoms with van der Waals surface area (Å²) in [7, 11) is 1.68. The van der Waals surface area contributed by atoms with E-state index in [-0.39, 0.29) is 6.04 Å². The maximum absolute atomic E-state index is 10.8. The minimum Gasteiger partial charge on any atom is -0.497 e. The lowest BCUT2D eigenvalue weighted by Gasteiger charge is -2.38. The van der Waals surface area contributed by atoms with Crippen LogP contribution < -0.4 is 4.74 Å². The predicted octanol–water partition coefficient (Wildman–Crippen LogP) is 3.17. The molecule has 3 nitrogen and oxygen atoms in total. The lowest BCUT2D eigenvalue weighted by molar-refractivity contribution is 0.0356. The zero-order valence-corrected chi connectivity index (χ0v) is 12.9. The van der Waals surface area contributed by atoms with Gasteiger partial charge in [0.25, 0.3) is 0 Å². The van der Waals surface area contributed by atoms with E-state index in [2.05, 4.69) is 24.8 Å². The van der Waals surface area contributed by atoms with Crippen molar-refractivity contribution in [3.05, 3.63) is 29.3 Å². The second kappa shape index (κ2) is 7.09. The van der Waals surface area contributed by atoms with E-state index in [0.29, 0.717) is 0 Å². The van der Waals surface area contributed by atoms with Gasteiger partial charge in [0, 0.05) is 6.04 Å². The normalized spacial score (nSPS) is 21.9. The van der Waals surface area contributed by atoms with Gasteiger partial charge in [-0.15, -0.1) is 0 Å². The Kier molecular flexibility index (Phi) is 5.44. The summed E-state index contributed by atoms with van der Waals surface area (Å²) in [5, 5.41) is 10.8. The molecule has 2 atom stereocenters. The summed E-state index contributed by atoms with van der Waals surface area (Å²) in [4.78, 5) is 2.45. The van der Waals surface area contributed by atoms with Crippen molar-refractivity contribution >= 4 is 0 Å². The fourth-order valence-electron chi connectivity index (χ4n) is 3.27. The maximum Gasteiger partial charge on any atom is 0.119 e. The van der Waals surface area contributed by atoms with Crippen molar-refractivity contribution in [2.24, 2.45) is 0 Å². The fourth-order valence-corrected chi connectivity index (χ4v) is 3.27. The summed E-state index contributed by atoms with van der Waals surface area (Å²) in [5.74, 6) is 0.834. The highest BCUT2D eigenvalue weighted by atomic mass is 16.5. The fraction of sp³-hybridized carbons (Fsp3) is 0.647. The van der Waals surface area contributed by atoms with Crippen LogP contribution in [0.1, 0.15) is 50.3 Å². The Labute approximate surface area is 122 Å². The molecule has 0 aromatic heterocycles. The quantitative estimate of drug-likeness (QED) is 0.867.